The van der Waals surface area contributed by atoms with E-state index in [2.05, 4.69) is 21.2 Å². The second kappa shape index (κ2) is 5.72. The summed E-state index contributed by atoms with van der Waals surface area (Å²) in [5.74, 6) is 1.68. The number of carbonyl (C=O) groups is 1. The first-order valence-corrected chi connectivity index (χ1v) is 9.87. The Kier molecular flexibility index (Phi) is 3.90. The normalized spacial score (nSPS) is 36.8. The van der Waals surface area contributed by atoms with Gasteiger partial charge in [-0.3, -0.25) is 9.59 Å². The number of rotatable bonds is 4. The van der Waals surface area contributed by atoms with Gasteiger partial charge in [-0.1, -0.05) is 15.9 Å². The zero-order chi connectivity index (χ0) is 16.9. The third kappa shape index (κ3) is 2.96. The zero-order valence-electron chi connectivity index (χ0n) is 14.2. The van der Waals surface area contributed by atoms with Crippen molar-refractivity contribution in [2.45, 2.75) is 62.7 Å². The summed E-state index contributed by atoms with van der Waals surface area (Å²) in [5.41, 5.74) is 0.870. The Bertz CT molecular complexity index is 712. The number of hydrogen-bond donors (Lipinski definition) is 1. The predicted molar refractivity (Wildman–Crippen MR) is 98.4 cm³/mol. The molecule has 1 amide bonds. The summed E-state index contributed by atoms with van der Waals surface area (Å²) in [6, 6.07) is 3.23. The van der Waals surface area contributed by atoms with Crippen molar-refractivity contribution in [1.29, 1.82) is 0 Å². The predicted octanol–water partition coefficient (Wildman–Crippen LogP) is 3.93. The molecule has 4 bridgehead atoms. The summed E-state index contributed by atoms with van der Waals surface area (Å²) in [4.78, 5) is 24.3. The van der Waals surface area contributed by atoms with E-state index in [1.807, 2.05) is 6.92 Å². The molecule has 4 fully saturated rings. The smallest absolute Gasteiger partial charge is 0.250 e. The molecule has 2 atom stereocenters. The second-order valence-electron chi connectivity index (χ2n) is 8.38. The van der Waals surface area contributed by atoms with Crippen LogP contribution in [-0.2, 0) is 11.3 Å². The average molecular weight is 393 g/mol. The van der Waals surface area contributed by atoms with Gasteiger partial charge in [-0.05, 0) is 68.8 Å². The number of alkyl halides is 1. The van der Waals surface area contributed by atoms with Crippen molar-refractivity contribution >= 4 is 27.5 Å². The summed E-state index contributed by atoms with van der Waals surface area (Å²) in [6.07, 6.45) is 9.83. The van der Waals surface area contributed by atoms with Crippen LogP contribution in [0.25, 0.3) is 0 Å². The topological polar surface area (TPSA) is 51.1 Å². The van der Waals surface area contributed by atoms with Crippen LogP contribution in [0.4, 0.5) is 5.69 Å². The molecule has 5 heteroatoms. The lowest BCUT2D eigenvalue weighted by Gasteiger charge is -2.60. The van der Waals surface area contributed by atoms with Crippen molar-refractivity contribution in [3.05, 3.63) is 28.7 Å². The van der Waals surface area contributed by atoms with Gasteiger partial charge in [-0.2, -0.15) is 0 Å². The fourth-order valence-corrected chi connectivity index (χ4v) is 7.45. The monoisotopic (exact) mass is 392 g/mol. The van der Waals surface area contributed by atoms with Gasteiger partial charge in [0.25, 0.3) is 5.56 Å². The molecule has 0 aliphatic heterocycles. The maximum Gasteiger partial charge on any atom is 0.250 e. The van der Waals surface area contributed by atoms with E-state index in [0.717, 1.165) is 23.9 Å². The minimum atomic E-state index is -0.0298. The Morgan fingerprint density at radius 3 is 2.62 bits per heavy atom. The van der Waals surface area contributed by atoms with E-state index >= 15 is 0 Å². The molecule has 1 heterocycles. The fourth-order valence-electron chi connectivity index (χ4n) is 5.94. The van der Waals surface area contributed by atoms with Gasteiger partial charge >= 0.3 is 0 Å². The van der Waals surface area contributed by atoms with E-state index in [4.69, 9.17) is 0 Å². The van der Waals surface area contributed by atoms with Crippen LogP contribution < -0.4 is 10.9 Å². The van der Waals surface area contributed by atoms with Gasteiger partial charge in [-0.25, -0.2) is 0 Å². The van der Waals surface area contributed by atoms with Crippen LogP contribution in [-0.4, -0.2) is 14.8 Å². The molecule has 24 heavy (non-hydrogen) atoms. The molecule has 4 saturated carbocycles. The number of anilines is 1. The second-order valence-corrected chi connectivity index (χ2v) is 10.1. The fraction of sp³-hybridized carbons (Fsp3) is 0.684. The highest BCUT2D eigenvalue weighted by Crippen LogP contribution is 2.65. The van der Waals surface area contributed by atoms with Crippen molar-refractivity contribution in [1.82, 2.24) is 4.57 Å². The molecule has 130 valence electrons. The third-order valence-electron chi connectivity index (χ3n) is 6.25. The van der Waals surface area contributed by atoms with Gasteiger partial charge in [0, 0.05) is 29.6 Å². The summed E-state index contributed by atoms with van der Waals surface area (Å²) in [6.45, 7) is 2.54. The van der Waals surface area contributed by atoms with Crippen LogP contribution in [0.5, 0.6) is 0 Å². The van der Waals surface area contributed by atoms with Crippen LogP contribution >= 0.6 is 15.9 Å². The summed E-state index contributed by atoms with van der Waals surface area (Å²) >= 11 is 4.01. The van der Waals surface area contributed by atoms with Crippen molar-refractivity contribution in [2.75, 3.05) is 5.32 Å². The maximum atomic E-state index is 12.7. The number of carbonyl (C=O) groups excluding carboxylic acids is 1. The molecule has 0 spiro atoms. The van der Waals surface area contributed by atoms with E-state index in [1.54, 1.807) is 16.8 Å². The summed E-state index contributed by atoms with van der Waals surface area (Å²) in [5, 5.41) is 3.02. The standard InChI is InChI=1S/C19H25BrN2O2/c1-2-22-11-15(3-4-17(22)24)21-16(23)10-18-6-13-5-14(7-18)9-19(20,8-13)12-18/h3-4,11,13-14H,2,5-10,12H2,1H3,(H,21,23). The first-order valence-electron chi connectivity index (χ1n) is 9.08. The molecule has 4 aliphatic rings. The first-order chi connectivity index (χ1) is 11.4. The minimum absolute atomic E-state index is 0.0298. The quantitative estimate of drug-likeness (QED) is 0.789. The molecule has 4 nitrogen and oxygen atoms in total. The Labute approximate surface area is 151 Å². The van der Waals surface area contributed by atoms with Crippen LogP contribution in [0.15, 0.2) is 23.1 Å². The van der Waals surface area contributed by atoms with E-state index < -0.39 is 0 Å². The number of hydrogen-bond acceptors (Lipinski definition) is 2. The Hall–Kier alpha value is -1.10. The Morgan fingerprint density at radius 2 is 2.00 bits per heavy atom. The Balaban J connectivity index is 1.47. The number of amides is 1. The molecule has 2 unspecified atom stereocenters. The molecule has 0 saturated heterocycles. The van der Waals surface area contributed by atoms with Gasteiger partial charge in [0.15, 0.2) is 0 Å². The van der Waals surface area contributed by atoms with Crippen LogP contribution in [0.2, 0.25) is 0 Å². The van der Waals surface area contributed by atoms with E-state index in [9.17, 15) is 9.59 Å². The lowest BCUT2D eigenvalue weighted by Crippen LogP contribution is -2.53. The largest absolute Gasteiger partial charge is 0.325 e. The molecule has 0 aromatic carbocycles. The highest BCUT2D eigenvalue weighted by atomic mass is 79.9. The number of nitrogens with one attached hydrogen (secondary N) is 1. The summed E-state index contributed by atoms with van der Waals surface area (Å²) in [7, 11) is 0. The van der Waals surface area contributed by atoms with Gasteiger partial charge < -0.3 is 9.88 Å². The van der Waals surface area contributed by atoms with Gasteiger partial charge in [-0.15, -0.1) is 0 Å². The average Bonchev–Trinajstić information content (AvgIpc) is 2.45. The molecule has 1 aromatic heterocycles. The number of halogens is 1. The van der Waals surface area contributed by atoms with Crippen LogP contribution in [0.3, 0.4) is 0 Å². The zero-order valence-corrected chi connectivity index (χ0v) is 15.8. The molecular weight excluding hydrogens is 368 g/mol. The van der Waals surface area contributed by atoms with Gasteiger partial charge in [0.2, 0.25) is 5.91 Å². The SMILES string of the molecule is CCn1cc(NC(=O)CC23CC4CC(CC(Br)(C4)C2)C3)ccc1=O. The van der Waals surface area contributed by atoms with E-state index in [-0.39, 0.29) is 21.2 Å². The van der Waals surface area contributed by atoms with Crippen molar-refractivity contribution < 1.29 is 4.79 Å². The van der Waals surface area contributed by atoms with Crippen LogP contribution in [0, 0.1) is 17.3 Å². The molecule has 0 radical (unpaired) electrons. The van der Waals surface area contributed by atoms with Crippen LogP contribution in [0.1, 0.15) is 51.9 Å². The lowest BCUT2D eigenvalue weighted by atomic mass is 9.48. The molecule has 4 aliphatic carbocycles. The molecular formula is C19H25BrN2O2. The number of aromatic nitrogens is 1. The number of nitrogens with zero attached hydrogens (tertiary/aromatic N) is 1. The lowest BCUT2D eigenvalue weighted by molar-refractivity contribution is -0.123. The Morgan fingerprint density at radius 1 is 1.29 bits per heavy atom. The number of pyridine rings is 1. The molecule has 1 N–H and O–H groups in total. The highest BCUT2D eigenvalue weighted by molar-refractivity contribution is 9.10. The molecule has 5 rings (SSSR count). The minimum Gasteiger partial charge on any atom is -0.325 e. The van der Waals surface area contributed by atoms with Crippen molar-refractivity contribution in [3.8, 4) is 0 Å². The van der Waals surface area contributed by atoms with E-state index in [0.29, 0.717) is 13.0 Å². The van der Waals surface area contributed by atoms with E-state index in [1.165, 1.54) is 38.2 Å². The van der Waals surface area contributed by atoms with Gasteiger partial charge in [0.1, 0.15) is 0 Å². The maximum absolute atomic E-state index is 12.7. The van der Waals surface area contributed by atoms with Gasteiger partial charge in [0.05, 0.1) is 5.69 Å². The summed E-state index contributed by atoms with van der Waals surface area (Å²) < 4.78 is 1.90. The first kappa shape index (κ1) is 16.4. The third-order valence-corrected chi connectivity index (χ3v) is 7.18. The van der Waals surface area contributed by atoms with Crippen molar-refractivity contribution in [3.63, 3.8) is 0 Å². The molecule has 1 aromatic rings. The highest BCUT2D eigenvalue weighted by Gasteiger charge is 2.57. The number of aryl methyl sites for hydroxylation is 1. The van der Waals surface area contributed by atoms with Crippen molar-refractivity contribution in [2.24, 2.45) is 17.3 Å².